The highest BCUT2D eigenvalue weighted by Crippen LogP contribution is 2.17. The van der Waals surface area contributed by atoms with Gasteiger partial charge < -0.3 is 30.3 Å². The van der Waals surface area contributed by atoms with Crippen LogP contribution in [0.4, 0.5) is 0 Å². The van der Waals surface area contributed by atoms with E-state index >= 15 is 0 Å². The minimum absolute atomic E-state index is 0.585. The van der Waals surface area contributed by atoms with Crippen LogP contribution in [-0.4, -0.2) is 68.4 Å². The van der Waals surface area contributed by atoms with E-state index in [1.165, 1.54) is 0 Å². The summed E-state index contributed by atoms with van der Waals surface area (Å²) < 4.78 is 4.36. The third-order valence-electron chi connectivity index (χ3n) is 1.93. The van der Waals surface area contributed by atoms with Crippen molar-refractivity contribution in [1.82, 2.24) is 0 Å². The van der Waals surface area contributed by atoms with E-state index in [0.29, 0.717) is 0 Å². The molecule has 0 amide bonds. The molecule has 0 saturated carbocycles. The molecule has 0 aromatic carbocycles. The zero-order chi connectivity index (χ0) is 14.3. The van der Waals surface area contributed by atoms with Crippen LogP contribution < -0.4 is 0 Å². The minimum atomic E-state index is -2.77. The predicted octanol–water partition coefficient (Wildman–Crippen LogP) is -2.44. The molecule has 9 heteroatoms. The van der Waals surface area contributed by atoms with Gasteiger partial charge in [0, 0.05) is 0 Å². The van der Waals surface area contributed by atoms with Crippen molar-refractivity contribution < 1.29 is 44.7 Å². The van der Waals surface area contributed by atoms with Gasteiger partial charge in [-0.25, -0.2) is 4.79 Å². The number of carbonyl (C=O) groups is 3. The normalized spacial score (nSPS) is 15.5. The largest absolute Gasteiger partial charge is 0.481 e. The summed E-state index contributed by atoms with van der Waals surface area (Å²) in [6.07, 6.45) is -3.57. The summed E-state index contributed by atoms with van der Waals surface area (Å²) in [5, 5.41) is 43.8. The van der Waals surface area contributed by atoms with Gasteiger partial charge in [0.1, 0.15) is 12.7 Å². The first-order valence-corrected chi connectivity index (χ1v) is 4.83. The maximum Gasteiger partial charge on any atom is 0.336 e. The zero-order valence-corrected chi connectivity index (χ0v) is 9.27. The highest BCUT2D eigenvalue weighted by molar-refractivity contribution is 5.88. The third kappa shape index (κ3) is 5.57. The molecule has 0 spiro atoms. The number of aliphatic hydroxyl groups is 3. The number of esters is 1. The number of carboxylic acids is 2. The van der Waals surface area contributed by atoms with Gasteiger partial charge in [0.15, 0.2) is 5.60 Å². The topological polar surface area (TPSA) is 162 Å². The molecule has 0 aromatic heterocycles. The molecule has 0 aliphatic heterocycles. The van der Waals surface area contributed by atoms with Crippen LogP contribution in [0.15, 0.2) is 0 Å². The molecular formula is C9H14O9. The lowest BCUT2D eigenvalue weighted by molar-refractivity contribution is -0.172. The smallest absolute Gasteiger partial charge is 0.336 e. The highest BCUT2D eigenvalue weighted by Gasteiger charge is 2.41. The van der Waals surface area contributed by atoms with Gasteiger partial charge in [-0.15, -0.1) is 0 Å². The molecule has 2 atom stereocenters. The van der Waals surface area contributed by atoms with Crippen LogP contribution in [0.25, 0.3) is 0 Å². The SMILES string of the molecule is O=C(O)CC(O)(CC(=O)OCC(O)CO)C(=O)O. The van der Waals surface area contributed by atoms with Crippen molar-refractivity contribution in [1.29, 1.82) is 0 Å². The third-order valence-corrected chi connectivity index (χ3v) is 1.93. The molecule has 5 N–H and O–H groups in total. The van der Waals surface area contributed by atoms with Gasteiger partial charge in [-0.2, -0.15) is 0 Å². The molecule has 0 saturated heterocycles. The molecule has 2 unspecified atom stereocenters. The first-order valence-electron chi connectivity index (χ1n) is 4.83. The van der Waals surface area contributed by atoms with Crippen LogP contribution in [0, 0.1) is 0 Å². The highest BCUT2D eigenvalue weighted by atomic mass is 16.5. The monoisotopic (exact) mass is 266 g/mol. The van der Waals surface area contributed by atoms with E-state index in [1.807, 2.05) is 0 Å². The molecule has 0 aliphatic carbocycles. The van der Waals surface area contributed by atoms with Gasteiger partial charge in [0.25, 0.3) is 0 Å². The summed E-state index contributed by atoms with van der Waals surface area (Å²) in [4.78, 5) is 32.2. The number of hydrogen-bond acceptors (Lipinski definition) is 7. The number of rotatable bonds is 8. The lowest BCUT2D eigenvalue weighted by Crippen LogP contribution is -2.43. The molecule has 9 nitrogen and oxygen atoms in total. The van der Waals surface area contributed by atoms with Gasteiger partial charge in [-0.05, 0) is 0 Å². The van der Waals surface area contributed by atoms with E-state index in [1.54, 1.807) is 0 Å². The van der Waals surface area contributed by atoms with Crippen LogP contribution >= 0.6 is 0 Å². The lowest BCUT2D eigenvalue weighted by atomic mass is 9.96. The molecule has 0 heterocycles. The number of carbonyl (C=O) groups excluding carboxylic acids is 1. The van der Waals surface area contributed by atoms with Crippen molar-refractivity contribution in [2.24, 2.45) is 0 Å². The van der Waals surface area contributed by atoms with Gasteiger partial charge in [-0.1, -0.05) is 0 Å². The van der Waals surface area contributed by atoms with E-state index in [0.717, 1.165) is 0 Å². The molecule has 0 bridgehead atoms. The van der Waals surface area contributed by atoms with E-state index in [2.05, 4.69) is 4.74 Å². The Morgan fingerprint density at radius 1 is 1.17 bits per heavy atom. The Kier molecular flexibility index (Phi) is 6.23. The number of aliphatic hydroxyl groups excluding tert-OH is 2. The standard InChI is InChI=1S/C9H14O9/c10-3-5(11)4-18-7(14)2-9(17,8(15)16)1-6(12)13/h5,10-11,17H,1-4H2,(H,12,13)(H,15,16). The number of carboxylic acid groups (broad SMARTS) is 2. The number of hydrogen-bond donors (Lipinski definition) is 5. The van der Waals surface area contributed by atoms with E-state index in [4.69, 9.17) is 20.4 Å². The minimum Gasteiger partial charge on any atom is -0.481 e. The van der Waals surface area contributed by atoms with E-state index in [-0.39, 0.29) is 0 Å². The summed E-state index contributed by atoms with van der Waals surface area (Å²) in [6, 6.07) is 0. The molecular weight excluding hydrogens is 252 g/mol. The Balaban J connectivity index is 4.46. The molecule has 0 aromatic rings. The quantitative estimate of drug-likeness (QED) is 0.300. The average molecular weight is 266 g/mol. The van der Waals surface area contributed by atoms with Gasteiger partial charge >= 0.3 is 17.9 Å². The zero-order valence-electron chi connectivity index (χ0n) is 9.27. The fourth-order valence-corrected chi connectivity index (χ4v) is 0.996. The van der Waals surface area contributed by atoms with Gasteiger partial charge in [0.2, 0.25) is 0 Å². The molecule has 0 rings (SSSR count). The van der Waals surface area contributed by atoms with E-state index in [9.17, 15) is 19.5 Å². The first kappa shape index (κ1) is 16.3. The summed E-state index contributed by atoms with van der Waals surface area (Å²) in [7, 11) is 0. The summed E-state index contributed by atoms with van der Waals surface area (Å²) in [5.41, 5.74) is -2.77. The Labute approximate surface area is 101 Å². The maximum absolute atomic E-state index is 11.1. The predicted molar refractivity (Wildman–Crippen MR) is 53.5 cm³/mol. The Morgan fingerprint density at radius 2 is 1.72 bits per heavy atom. The Hall–Kier alpha value is -1.71. The lowest BCUT2D eigenvalue weighted by Gasteiger charge is -2.20. The van der Waals surface area contributed by atoms with Crippen molar-refractivity contribution in [2.75, 3.05) is 13.2 Å². The van der Waals surface area contributed by atoms with E-state index < -0.39 is 55.7 Å². The fourth-order valence-electron chi connectivity index (χ4n) is 0.996. The van der Waals surface area contributed by atoms with Crippen molar-refractivity contribution in [3.8, 4) is 0 Å². The van der Waals surface area contributed by atoms with Crippen LogP contribution in [0.3, 0.4) is 0 Å². The van der Waals surface area contributed by atoms with Crippen LogP contribution in [0.2, 0.25) is 0 Å². The molecule has 18 heavy (non-hydrogen) atoms. The molecule has 0 radical (unpaired) electrons. The summed E-state index contributed by atoms with van der Waals surface area (Å²) in [6.45, 7) is -1.25. The Morgan fingerprint density at radius 3 is 2.11 bits per heavy atom. The summed E-state index contributed by atoms with van der Waals surface area (Å²) >= 11 is 0. The van der Waals surface area contributed by atoms with Crippen molar-refractivity contribution >= 4 is 17.9 Å². The second-order valence-corrected chi connectivity index (χ2v) is 3.60. The van der Waals surface area contributed by atoms with Crippen molar-refractivity contribution in [3.05, 3.63) is 0 Å². The Bertz CT molecular complexity index is 326. The second-order valence-electron chi connectivity index (χ2n) is 3.60. The number of aliphatic carboxylic acids is 2. The van der Waals surface area contributed by atoms with Crippen LogP contribution in [0.1, 0.15) is 12.8 Å². The van der Waals surface area contributed by atoms with Crippen molar-refractivity contribution in [3.63, 3.8) is 0 Å². The molecule has 104 valence electrons. The average Bonchev–Trinajstić information content (AvgIpc) is 2.24. The maximum atomic E-state index is 11.1. The molecule has 0 fully saturated rings. The van der Waals surface area contributed by atoms with Crippen LogP contribution in [0.5, 0.6) is 0 Å². The van der Waals surface area contributed by atoms with Crippen LogP contribution in [-0.2, 0) is 19.1 Å². The second kappa shape index (κ2) is 6.89. The fraction of sp³-hybridized carbons (Fsp3) is 0.667. The number of ether oxygens (including phenoxy) is 1. The van der Waals surface area contributed by atoms with Crippen molar-refractivity contribution in [2.45, 2.75) is 24.5 Å². The summed E-state index contributed by atoms with van der Waals surface area (Å²) in [5.74, 6) is -4.67. The van der Waals surface area contributed by atoms with Gasteiger partial charge in [0.05, 0.1) is 19.4 Å². The van der Waals surface area contributed by atoms with Gasteiger partial charge in [-0.3, -0.25) is 9.59 Å². The molecule has 0 aliphatic rings. The first-order chi connectivity index (χ1) is 8.21.